The van der Waals surface area contributed by atoms with Gasteiger partial charge in [-0.1, -0.05) is 0 Å². The van der Waals surface area contributed by atoms with E-state index in [9.17, 15) is 0 Å². The zero-order chi connectivity index (χ0) is 17.3. The summed E-state index contributed by atoms with van der Waals surface area (Å²) in [4.78, 5) is 0. The van der Waals surface area contributed by atoms with Crippen molar-refractivity contribution in [1.82, 2.24) is 0 Å². The first-order valence-corrected chi connectivity index (χ1v) is 7.88. The van der Waals surface area contributed by atoms with Crippen molar-refractivity contribution in [3.63, 3.8) is 0 Å². The van der Waals surface area contributed by atoms with E-state index in [4.69, 9.17) is 14.2 Å². The monoisotopic (exact) mass is 308 g/mol. The maximum absolute atomic E-state index is 6.16. The SMILES string of the molecule is Cc1cc(OC(C)(C)C)c(OC(C)(C)C)c(OC(C)(C)C)c1. The molecule has 0 aliphatic rings. The van der Waals surface area contributed by atoms with E-state index in [0.717, 1.165) is 17.1 Å². The van der Waals surface area contributed by atoms with Gasteiger partial charge in [0.05, 0.1) is 0 Å². The van der Waals surface area contributed by atoms with Gasteiger partial charge in [-0.25, -0.2) is 0 Å². The molecular weight excluding hydrogens is 276 g/mol. The second kappa shape index (κ2) is 6.02. The number of aryl methyl sites for hydroxylation is 1. The highest BCUT2D eigenvalue weighted by molar-refractivity contribution is 5.54. The normalized spacial score (nSPS) is 13.0. The molecule has 3 heteroatoms. The van der Waals surface area contributed by atoms with Gasteiger partial charge in [-0.05, 0) is 86.9 Å². The first-order chi connectivity index (χ1) is 9.66. The summed E-state index contributed by atoms with van der Waals surface area (Å²) in [5.41, 5.74) is 0.145. The number of benzene rings is 1. The van der Waals surface area contributed by atoms with Crippen molar-refractivity contribution < 1.29 is 14.2 Å². The summed E-state index contributed by atoms with van der Waals surface area (Å²) >= 11 is 0. The lowest BCUT2D eigenvalue weighted by atomic mass is 10.1. The van der Waals surface area contributed by atoms with Crippen molar-refractivity contribution in [2.75, 3.05) is 0 Å². The lowest BCUT2D eigenvalue weighted by molar-refractivity contribution is 0.0775. The van der Waals surface area contributed by atoms with Crippen molar-refractivity contribution in [2.45, 2.75) is 86.0 Å². The van der Waals surface area contributed by atoms with Gasteiger partial charge in [-0.2, -0.15) is 0 Å². The maximum atomic E-state index is 6.16. The van der Waals surface area contributed by atoms with E-state index in [0.29, 0.717) is 5.75 Å². The molecule has 0 bridgehead atoms. The Kier molecular flexibility index (Phi) is 5.11. The summed E-state index contributed by atoms with van der Waals surface area (Å²) in [6.07, 6.45) is 0. The Morgan fingerprint density at radius 3 is 1.18 bits per heavy atom. The molecule has 0 N–H and O–H groups in total. The molecule has 0 fully saturated rings. The largest absolute Gasteiger partial charge is 0.484 e. The Hall–Kier alpha value is -1.38. The third-order valence-electron chi connectivity index (χ3n) is 2.41. The Morgan fingerprint density at radius 2 is 0.909 bits per heavy atom. The van der Waals surface area contributed by atoms with E-state index in [1.165, 1.54) is 0 Å². The number of hydrogen-bond donors (Lipinski definition) is 0. The molecule has 1 aromatic rings. The summed E-state index contributed by atoms with van der Waals surface area (Å²) in [5.74, 6) is 2.12. The zero-order valence-corrected chi connectivity index (χ0v) is 15.9. The molecule has 1 rings (SSSR count). The van der Waals surface area contributed by atoms with Gasteiger partial charge in [0.2, 0.25) is 5.75 Å². The summed E-state index contributed by atoms with van der Waals surface area (Å²) in [7, 11) is 0. The topological polar surface area (TPSA) is 27.7 Å². The van der Waals surface area contributed by atoms with Crippen molar-refractivity contribution in [3.8, 4) is 17.2 Å². The smallest absolute Gasteiger partial charge is 0.204 e. The summed E-state index contributed by atoms with van der Waals surface area (Å²) in [6, 6.07) is 4.00. The van der Waals surface area contributed by atoms with Crippen LogP contribution < -0.4 is 14.2 Å². The van der Waals surface area contributed by atoms with Crippen molar-refractivity contribution in [1.29, 1.82) is 0 Å². The van der Waals surface area contributed by atoms with Crippen LogP contribution in [0.1, 0.15) is 67.9 Å². The van der Waals surface area contributed by atoms with E-state index in [1.807, 2.05) is 81.4 Å². The number of hydrogen-bond acceptors (Lipinski definition) is 3. The predicted molar refractivity (Wildman–Crippen MR) is 92.3 cm³/mol. The molecule has 0 saturated carbocycles. The van der Waals surface area contributed by atoms with E-state index in [1.54, 1.807) is 0 Å². The van der Waals surface area contributed by atoms with Gasteiger partial charge in [-0.3, -0.25) is 0 Å². The summed E-state index contributed by atoms with van der Waals surface area (Å²) in [6.45, 7) is 20.3. The average molecular weight is 308 g/mol. The minimum absolute atomic E-state index is 0.303. The fraction of sp³-hybridized carbons (Fsp3) is 0.684. The van der Waals surface area contributed by atoms with Crippen LogP contribution in [0.2, 0.25) is 0 Å². The molecule has 0 saturated heterocycles. The molecule has 22 heavy (non-hydrogen) atoms. The van der Waals surface area contributed by atoms with Crippen LogP contribution in [0.3, 0.4) is 0 Å². The lowest BCUT2D eigenvalue weighted by Gasteiger charge is -2.31. The summed E-state index contributed by atoms with van der Waals surface area (Å²) in [5, 5.41) is 0. The van der Waals surface area contributed by atoms with Gasteiger partial charge in [0.25, 0.3) is 0 Å². The lowest BCUT2D eigenvalue weighted by Crippen LogP contribution is -2.28. The Bertz CT molecular complexity index is 474. The van der Waals surface area contributed by atoms with Crippen molar-refractivity contribution in [2.24, 2.45) is 0 Å². The molecule has 0 aliphatic carbocycles. The Balaban J connectivity index is 3.40. The maximum Gasteiger partial charge on any atom is 0.204 e. The molecule has 126 valence electrons. The van der Waals surface area contributed by atoms with Gasteiger partial charge >= 0.3 is 0 Å². The highest BCUT2D eigenvalue weighted by Gasteiger charge is 2.26. The fourth-order valence-electron chi connectivity index (χ4n) is 1.93. The van der Waals surface area contributed by atoms with Crippen LogP contribution in [0, 0.1) is 6.92 Å². The quantitative estimate of drug-likeness (QED) is 0.735. The minimum Gasteiger partial charge on any atom is -0.484 e. The van der Waals surface area contributed by atoms with Gasteiger partial charge in [0, 0.05) is 0 Å². The standard InChI is InChI=1S/C19H32O3/c1-13-11-14(20-17(2,3)4)16(22-19(8,9)10)15(12-13)21-18(5,6)7/h11-12H,1-10H3. The molecule has 0 aromatic heterocycles. The predicted octanol–water partition coefficient (Wildman–Crippen LogP) is 5.53. The molecule has 0 amide bonds. The van der Waals surface area contributed by atoms with Crippen LogP contribution in [-0.4, -0.2) is 16.8 Å². The van der Waals surface area contributed by atoms with E-state index in [2.05, 4.69) is 0 Å². The number of ether oxygens (including phenoxy) is 3. The molecule has 1 aromatic carbocycles. The third-order valence-corrected chi connectivity index (χ3v) is 2.41. The van der Waals surface area contributed by atoms with Crippen LogP contribution in [0.25, 0.3) is 0 Å². The molecule has 3 nitrogen and oxygen atoms in total. The molecule has 0 radical (unpaired) electrons. The fourth-order valence-corrected chi connectivity index (χ4v) is 1.93. The second-order valence-corrected chi connectivity index (χ2v) is 8.73. The average Bonchev–Trinajstić information content (AvgIpc) is 2.16. The highest BCUT2D eigenvalue weighted by atomic mass is 16.6. The summed E-state index contributed by atoms with van der Waals surface area (Å²) < 4.78 is 18.4. The first kappa shape index (κ1) is 18.7. The van der Waals surface area contributed by atoms with Crippen molar-refractivity contribution >= 4 is 0 Å². The Morgan fingerprint density at radius 1 is 0.591 bits per heavy atom. The van der Waals surface area contributed by atoms with Gasteiger partial charge < -0.3 is 14.2 Å². The Labute approximate surface area is 136 Å². The van der Waals surface area contributed by atoms with Crippen LogP contribution in [0.15, 0.2) is 12.1 Å². The van der Waals surface area contributed by atoms with Gasteiger partial charge in [0.1, 0.15) is 16.8 Å². The zero-order valence-electron chi connectivity index (χ0n) is 15.9. The molecule has 0 unspecified atom stereocenters. The van der Waals surface area contributed by atoms with Crippen LogP contribution in [-0.2, 0) is 0 Å². The molecule has 0 aliphatic heterocycles. The van der Waals surface area contributed by atoms with Crippen LogP contribution in [0.4, 0.5) is 0 Å². The van der Waals surface area contributed by atoms with E-state index in [-0.39, 0.29) is 16.8 Å². The first-order valence-electron chi connectivity index (χ1n) is 7.88. The minimum atomic E-state index is -0.332. The van der Waals surface area contributed by atoms with Crippen LogP contribution in [0.5, 0.6) is 17.2 Å². The number of rotatable bonds is 3. The second-order valence-electron chi connectivity index (χ2n) is 8.73. The highest BCUT2D eigenvalue weighted by Crippen LogP contribution is 2.43. The van der Waals surface area contributed by atoms with E-state index < -0.39 is 0 Å². The van der Waals surface area contributed by atoms with Crippen molar-refractivity contribution in [3.05, 3.63) is 17.7 Å². The van der Waals surface area contributed by atoms with Gasteiger partial charge in [-0.15, -0.1) is 0 Å². The molecular formula is C19H32O3. The van der Waals surface area contributed by atoms with Crippen LogP contribution >= 0.6 is 0 Å². The molecule has 0 heterocycles. The molecule has 0 atom stereocenters. The van der Waals surface area contributed by atoms with E-state index >= 15 is 0 Å². The third kappa shape index (κ3) is 6.59. The van der Waals surface area contributed by atoms with Gasteiger partial charge in [0.15, 0.2) is 11.5 Å². The molecule has 0 spiro atoms.